The van der Waals surface area contributed by atoms with Crippen molar-refractivity contribution in [2.75, 3.05) is 13.1 Å². The fraction of sp³-hybridized carbons (Fsp3) is 0.938. The molecule has 0 aromatic heterocycles. The van der Waals surface area contributed by atoms with Crippen molar-refractivity contribution in [1.29, 1.82) is 0 Å². The van der Waals surface area contributed by atoms with Crippen LogP contribution < -0.4 is 10.6 Å². The number of nitrogens with one attached hydrogen (secondary N) is 2. The monoisotopic (exact) mass is 268 g/mol. The van der Waals surface area contributed by atoms with Gasteiger partial charge in [-0.05, 0) is 51.5 Å². The van der Waals surface area contributed by atoms with Crippen LogP contribution in [0.1, 0.15) is 66.2 Å². The van der Waals surface area contributed by atoms with Gasteiger partial charge in [-0.15, -0.1) is 0 Å². The summed E-state index contributed by atoms with van der Waals surface area (Å²) in [5, 5.41) is 6.33. The smallest absolute Gasteiger partial charge is 0.234 e. The van der Waals surface area contributed by atoms with Gasteiger partial charge >= 0.3 is 0 Å². The summed E-state index contributed by atoms with van der Waals surface area (Å²) >= 11 is 0. The summed E-state index contributed by atoms with van der Waals surface area (Å²) in [6, 6.07) is 0. The van der Waals surface area contributed by atoms with E-state index in [-0.39, 0.29) is 11.4 Å². The molecule has 0 radical (unpaired) electrons. The first-order valence-corrected chi connectivity index (χ1v) is 7.94. The summed E-state index contributed by atoms with van der Waals surface area (Å²) in [4.78, 5) is 11.7. The molecule has 19 heavy (non-hydrogen) atoms. The third kappa shape index (κ3) is 6.95. The Balaban J connectivity index is 2.08. The van der Waals surface area contributed by atoms with E-state index in [2.05, 4.69) is 38.3 Å². The van der Waals surface area contributed by atoms with Gasteiger partial charge < -0.3 is 10.6 Å². The summed E-state index contributed by atoms with van der Waals surface area (Å²) < 4.78 is 0. The van der Waals surface area contributed by atoms with Crippen LogP contribution >= 0.6 is 0 Å². The fourth-order valence-corrected chi connectivity index (χ4v) is 2.84. The van der Waals surface area contributed by atoms with E-state index in [1.54, 1.807) is 0 Å². The van der Waals surface area contributed by atoms with E-state index in [9.17, 15) is 4.79 Å². The van der Waals surface area contributed by atoms with Crippen LogP contribution in [0.4, 0.5) is 0 Å². The number of hydrogen-bond acceptors (Lipinski definition) is 2. The second-order valence-corrected chi connectivity index (χ2v) is 6.89. The van der Waals surface area contributed by atoms with E-state index >= 15 is 0 Å². The molecule has 0 heterocycles. The lowest BCUT2D eigenvalue weighted by Gasteiger charge is -2.27. The van der Waals surface area contributed by atoms with Gasteiger partial charge in [-0.25, -0.2) is 0 Å². The van der Waals surface area contributed by atoms with Crippen molar-refractivity contribution in [1.82, 2.24) is 10.6 Å². The van der Waals surface area contributed by atoms with Crippen molar-refractivity contribution in [3.05, 3.63) is 0 Å². The van der Waals surface area contributed by atoms with Gasteiger partial charge in [-0.1, -0.05) is 33.1 Å². The topological polar surface area (TPSA) is 41.1 Å². The van der Waals surface area contributed by atoms with E-state index in [0.29, 0.717) is 6.54 Å². The molecule has 1 aliphatic carbocycles. The zero-order chi connectivity index (χ0) is 14.3. The molecule has 1 aliphatic rings. The van der Waals surface area contributed by atoms with Crippen LogP contribution in [0.2, 0.25) is 0 Å². The maximum Gasteiger partial charge on any atom is 0.234 e. The third-order valence-corrected chi connectivity index (χ3v) is 4.42. The molecule has 0 spiro atoms. The highest BCUT2D eigenvalue weighted by Gasteiger charge is 2.19. The molecule has 0 aromatic rings. The molecule has 3 heteroatoms. The lowest BCUT2D eigenvalue weighted by Crippen LogP contribution is -2.46. The Kier molecular flexibility index (Phi) is 6.84. The first-order chi connectivity index (χ1) is 8.93. The van der Waals surface area contributed by atoms with Gasteiger partial charge in [0.2, 0.25) is 5.91 Å². The van der Waals surface area contributed by atoms with E-state index in [1.165, 1.54) is 32.1 Å². The zero-order valence-electron chi connectivity index (χ0n) is 13.2. The minimum Gasteiger partial charge on any atom is -0.350 e. The van der Waals surface area contributed by atoms with Crippen molar-refractivity contribution in [2.24, 2.45) is 11.8 Å². The number of amides is 1. The molecule has 2 atom stereocenters. The average molecular weight is 268 g/mol. The van der Waals surface area contributed by atoms with E-state index in [4.69, 9.17) is 0 Å². The van der Waals surface area contributed by atoms with E-state index in [0.717, 1.165) is 24.8 Å². The van der Waals surface area contributed by atoms with Gasteiger partial charge in [0.25, 0.3) is 0 Å². The second-order valence-electron chi connectivity index (χ2n) is 6.89. The van der Waals surface area contributed by atoms with Gasteiger partial charge in [-0.3, -0.25) is 4.79 Å². The van der Waals surface area contributed by atoms with Crippen molar-refractivity contribution < 1.29 is 4.79 Å². The largest absolute Gasteiger partial charge is 0.350 e. The maximum atomic E-state index is 11.7. The molecular formula is C16H32N2O. The second kappa shape index (κ2) is 7.88. The molecule has 1 fully saturated rings. The lowest BCUT2D eigenvalue weighted by molar-refractivity contribution is -0.121. The molecule has 2 N–H and O–H groups in total. The van der Waals surface area contributed by atoms with Crippen LogP contribution in [0.3, 0.4) is 0 Å². The molecule has 0 aromatic carbocycles. The molecule has 3 nitrogen and oxygen atoms in total. The Morgan fingerprint density at radius 2 is 2.05 bits per heavy atom. The maximum absolute atomic E-state index is 11.7. The van der Waals surface area contributed by atoms with Crippen LogP contribution in [-0.2, 0) is 4.79 Å². The molecule has 112 valence electrons. The Hall–Kier alpha value is -0.570. The molecule has 0 aliphatic heterocycles. The summed E-state index contributed by atoms with van der Waals surface area (Å²) in [6.07, 6.45) is 7.71. The van der Waals surface area contributed by atoms with Crippen LogP contribution in [0.25, 0.3) is 0 Å². The van der Waals surface area contributed by atoms with Crippen molar-refractivity contribution in [3.63, 3.8) is 0 Å². The molecular weight excluding hydrogens is 236 g/mol. The zero-order valence-corrected chi connectivity index (χ0v) is 13.2. The Labute approximate surface area is 118 Å². The van der Waals surface area contributed by atoms with Gasteiger partial charge in [0, 0.05) is 5.54 Å². The van der Waals surface area contributed by atoms with Crippen LogP contribution in [0.15, 0.2) is 0 Å². The predicted octanol–water partition coefficient (Wildman–Crippen LogP) is 3.10. The lowest BCUT2D eigenvalue weighted by atomic mass is 9.81. The Morgan fingerprint density at radius 1 is 1.32 bits per heavy atom. The number of rotatable bonds is 7. The van der Waals surface area contributed by atoms with Crippen molar-refractivity contribution in [3.8, 4) is 0 Å². The minimum atomic E-state index is -0.0857. The van der Waals surface area contributed by atoms with Crippen molar-refractivity contribution in [2.45, 2.75) is 71.8 Å². The standard InChI is InChI=1S/C16H32N2O/c1-5-16(3,4)18-15(19)12-17-10-9-14-8-6-7-13(2)11-14/h13-14,17H,5-12H2,1-4H3,(H,18,19). The highest BCUT2D eigenvalue weighted by atomic mass is 16.2. The molecule has 0 bridgehead atoms. The average Bonchev–Trinajstić information content (AvgIpc) is 2.34. The van der Waals surface area contributed by atoms with E-state index < -0.39 is 0 Å². The summed E-state index contributed by atoms with van der Waals surface area (Å²) in [5.41, 5.74) is -0.0857. The SMILES string of the molecule is CCC(C)(C)NC(=O)CNCCC1CCCC(C)C1. The van der Waals surface area contributed by atoms with Crippen LogP contribution in [-0.4, -0.2) is 24.5 Å². The van der Waals surface area contributed by atoms with Gasteiger partial charge in [-0.2, -0.15) is 0 Å². The molecule has 2 unspecified atom stereocenters. The minimum absolute atomic E-state index is 0.0857. The highest BCUT2D eigenvalue weighted by molar-refractivity contribution is 5.78. The van der Waals surface area contributed by atoms with E-state index in [1.807, 2.05) is 0 Å². The fourth-order valence-electron chi connectivity index (χ4n) is 2.84. The van der Waals surface area contributed by atoms with Crippen LogP contribution in [0, 0.1) is 11.8 Å². The highest BCUT2D eigenvalue weighted by Crippen LogP contribution is 2.30. The molecule has 1 saturated carbocycles. The number of carbonyl (C=O) groups is 1. The predicted molar refractivity (Wildman–Crippen MR) is 81.1 cm³/mol. The molecule has 1 rings (SSSR count). The summed E-state index contributed by atoms with van der Waals surface area (Å²) in [6.45, 7) is 10.0. The first-order valence-electron chi connectivity index (χ1n) is 7.94. The number of hydrogen-bond donors (Lipinski definition) is 2. The summed E-state index contributed by atoms with van der Waals surface area (Å²) in [5.74, 6) is 1.88. The van der Waals surface area contributed by atoms with Gasteiger partial charge in [0.1, 0.15) is 0 Å². The Morgan fingerprint density at radius 3 is 2.68 bits per heavy atom. The van der Waals surface area contributed by atoms with Crippen molar-refractivity contribution >= 4 is 5.91 Å². The molecule has 0 saturated heterocycles. The molecule has 1 amide bonds. The number of carbonyl (C=O) groups excluding carboxylic acids is 1. The van der Waals surface area contributed by atoms with Gasteiger partial charge in [0.05, 0.1) is 6.54 Å². The normalized spacial score (nSPS) is 24.2. The Bertz CT molecular complexity index is 276. The summed E-state index contributed by atoms with van der Waals surface area (Å²) in [7, 11) is 0. The van der Waals surface area contributed by atoms with Gasteiger partial charge in [0.15, 0.2) is 0 Å². The quantitative estimate of drug-likeness (QED) is 0.697. The van der Waals surface area contributed by atoms with Crippen LogP contribution in [0.5, 0.6) is 0 Å². The third-order valence-electron chi connectivity index (χ3n) is 4.42. The first kappa shape index (κ1) is 16.5.